The van der Waals surface area contributed by atoms with Crippen molar-refractivity contribution in [3.63, 3.8) is 0 Å². The van der Waals surface area contributed by atoms with E-state index in [1.165, 1.54) is 0 Å². The van der Waals surface area contributed by atoms with Crippen LogP contribution in [0.4, 0.5) is 4.79 Å². The minimum absolute atomic E-state index is 0.191. The first-order chi connectivity index (χ1) is 11.7. The SMILES string of the molecule is CC(C)(C)OC(=O)NC1(CNC(=O)C2(C#N)CCCC2)CCCCC1. The lowest BCUT2D eigenvalue weighted by molar-refractivity contribution is -0.128. The molecule has 0 radical (unpaired) electrons. The molecule has 0 aromatic heterocycles. The van der Waals surface area contributed by atoms with E-state index in [2.05, 4.69) is 16.7 Å². The molecule has 0 aliphatic heterocycles. The Balaban J connectivity index is 2.01. The second kappa shape index (κ2) is 7.63. The molecular formula is C19H31N3O3. The number of nitriles is 1. The second-order valence-electron chi connectivity index (χ2n) is 8.55. The van der Waals surface area contributed by atoms with E-state index in [4.69, 9.17) is 4.74 Å². The van der Waals surface area contributed by atoms with Crippen molar-refractivity contribution in [1.29, 1.82) is 5.26 Å². The maximum atomic E-state index is 12.6. The molecule has 25 heavy (non-hydrogen) atoms. The van der Waals surface area contributed by atoms with Crippen LogP contribution in [0.5, 0.6) is 0 Å². The number of ether oxygens (including phenoxy) is 1. The van der Waals surface area contributed by atoms with Gasteiger partial charge in [-0.15, -0.1) is 0 Å². The van der Waals surface area contributed by atoms with Gasteiger partial charge in [0.05, 0.1) is 11.6 Å². The fraction of sp³-hybridized carbons (Fsp3) is 0.842. The van der Waals surface area contributed by atoms with Crippen molar-refractivity contribution >= 4 is 12.0 Å². The Morgan fingerprint density at radius 2 is 1.60 bits per heavy atom. The lowest BCUT2D eigenvalue weighted by Crippen LogP contribution is -2.58. The molecule has 0 spiro atoms. The molecule has 2 aliphatic carbocycles. The molecule has 0 aromatic rings. The quantitative estimate of drug-likeness (QED) is 0.813. The lowest BCUT2D eigenvalue weighted by Gasteiger charge is -2.39. The number of hydrogen-bond acceptors (Lipinski definition) is 4. The van der Waals surface area contributed by atoms with Crippen molar-refractivity contribution in [3.05, 3.63) is 0 Å². The fourth-order valence-corrected chi connectivity index (χ4v) is 3.88. The molecule has 2 amide bonds. The van der Waals surface area contributed by atoms with Gasteiger partial charge in [0, 0.05) is 6.54 Å². The minimum atomic E-state index is -0.887. The summed E-state index contributed by atoms with van der Waals surface area (Å²) in [6.45, 7) is 5.85. The van der Waals surface area contributed by atoms with Gasteiger partial charge in [0.15, 0.2) is 0 Å². The Hall–Kier alpha value is -1.77. The average Bonchev–Trinajstić information content (AvgIpc) is 3.02. The van der Waals surface area contributed by atoms with E-state index < -0.39 is 22.6 Å². The van der Waals surface area contributed by atoms with Crippen LogP contribution in [0.2, 0.25) is 0 Å². The van der Waals surface area contributed by atoms with Gasteiger partial charge >= 0.3 is 6.09 Å². The average molecular weight is 349 g/mol. The van der Waals surface area contributed by atoms with Gasteiger partial charge in [0.2, 0.25) is 5.91 Å². The van der Waals surface area contributed by atoms with Crippen LogP contribution in [-0.2, 0) is 9.53 Å². The number of rotatable bonds is 4. The predicted octanol–water partition coefficient (Wildman–Crippen LogP) is 3.41. The molecule has 0 saturated heterocycles. The van der Waals surface area contributed by atoms with Gasteiger partial charge in [0.1, 0.15) is 11.0 Å². The predicted molar refractivity (Wildman–Crippen MR) is 94.7 cm³/mol. The molecule has 2 N–H and O–H groups in total. The molecule has 2 saturated carbocycles. The van der Waals surface area contributed by atoms with Gasteiger partial charge in [0.25, 0.3) is 0 Å². The third-order valence-electron chi connectivity index (χ3n) is 5.27. The smallest absolute Gasteiger partial charge is 0.408 e. The highest BCUT2D eigenvalue weighted by molar-refractivity contribution is 5.85. The molecule has 0 unspecified atom stereocenters. The maximum Gasteiger partial charge on any atom is 0.408 e. The highest BCUT2D eigenvalue weighted by Gasteiger charge is 2.43. The van der Waals surface area contributed by atoms with Crippen molar-refractivity contribution < 1.29 is 14.3 Å². The van der Waals surface area contributed by atoms with Gasteiger partial charge in [-0.25, -0.2) is 4.79 Å². The van der Waals surface area contributed by atoms with Crippen LogP contribution < -0.4 is 10.6 Å². The van der Waals surface area contributed by atoms with Crippen LogP contribution >= 0.6 is 0 Å². The first-order valence-corrected chi connectivity index (χ1v) is 9.41. The Labute approximate surface area is 150 Å². The summed E-state index contributed by atoms with van der Waals surface area (Å²) >= 11 is 0. The van der Waals surface area contributed by atoms with Crippen molar-refractivity contribution in [3.8, 4) is 6.07 Å². The zero-order valence-corrected chi connectivity index (χ0v) is 15.7. The summed E-state index contributed by atoms with van der Waals surface area (Å²) in [5, 5.41) is 15.4. The molecule has 0 heterocycles. The lowest BCUT2D eigenvalue weighted by atomic mass is 9.81. The topological polar surface area (TPSA) is 91.2 Å². The van der Waals surface area contributed by atoms with Crippen LogP contribution in [0.25, 0.3) is 0 Å². The molecule has 140 valence electrons. The number of alkyl carbamates (subject to hydrolysis) is 1. The number of nitrogens with zero attached hydrogens (tertiary/aromatic N) is 1. The largest absolute Gasteiger partial charge is 0.444 e. The zero-order valence-electron chi connectivity index (χ0n) is 15.7. The van der Waals surface area contributed by atoms with Gasteiger partial charge in [-0.05, 0) is 46.5 Å². The summed E-state index contributed by atoms with van der Waals surface area (Å²) in [6, 6.07) is 2.23. The second-order valence-corrected chi connectivity index (χ2v) is 8.55. The third-order valence-corrected chi connectivity index (χ3v) is 5.27. The minimum Gasteiger partial charge on any atom is -0.444 e. The summed E-state index contributed by atoms with van der Waals surface area (Å²) in [7, 11) is 0. The summed E-state index contributed by atoms with van der Waals surface area (Å²) in [4.78, 5) is 24.9. The van der Waals surface area contributed by atoms with E-state index in [-0.39, 0.29) is 5.91 Å². The zero-order chi connectivity index (χ0) is 18.6. The van der Waals surface area contributed by atoms with Gasteiger partial charge in [-0.2, -0.15) is 5.26 Å². The number of nitrogens with one attached hydrogen (secondary N) is 2. The summed E-state index contributed by atoms with van der Waals surface area (Å²) in [6.07, 6.45) is 7.42. The summed E-state index contributed by atoms with van der Waals surface area (Å²) in [5.41, 5.74) is -1.93. The molecule has 2 rings (SSSR count). The van der Waals surface area contributed by atoms with Crippen LogP contribution in [0.1, 0.15) is 78.6 Å². The van der Waals surface area contributed by atoms with Crippen molar-refractivity contribution in [2.24, 2.45) is 5.41 Å². The van der Waals surface area contributed by atoms with E-state index in [0.29, 0.717) is 19.4 Å². The molecule has 0 aromatic carbocycles. The van der Waals surface area contributed by atoms with E-state index in [0.717, 1.165) is 44.9 Å². The fourth-order valence-electron chi connectivity index (χ4n) is 3.88. The molecule has 6 heteroatoms. The molecule has 0 atom stereocenters. The van der Waals surface area contributed by atoms with Gasteiger partial charge in [-0.1, -0.05) is 32.1 Å². The standard InChI is InChI=1S/C19H31N3O3/c1-17(2,3)25-16(24)22-19(11-5-4-6-12-19)14-21-15(23)18(13-20)9-7-8-10-18/h4-12,14H2,1-3H3,(H,21,23)(H,22,24). The normalized spacial score (nSPS) is 21.8. The van der Waals surface area contributed by atoms with E-state index in [1.54, 1.807) is 0 Å². The number of amides is 2. The summed E-state index contributed by atoms with van der Waals surface area (Å²) < 4.78 is 5.40. The first-order valence-electron chi connectivity index (χ1n) is 9.41. The highest BCUT2D eigenvalue weighted by atomic mass is 16.6. The Kier molecular flexibility index (Phi) is 5.97. The first kappa shape index (κ1) is 19.6. The third kappa shape index (κ3) is 5.10. The van der Waals surface area contributed by atoms with Crippen LogP contribution in [-0.4, -0.2) is 29.7 Å². The van der Waals surface area contributed by atoms with Crippen molar-refractivity contribution in [2.45, 2.75) is 89.7 Å². The number of carbonyl (C=O) groups excluding carboxylic acids is 2. The van der Waals surface area contributed by atoms with Crippen LogP contribution in [0.15, 0.2) is 0 Å². The van der Waals surface area contributed by atoms with E-state index in [9.17, 15) is 14.9 Å². The summed E-state index contributed by atoms with van der Waals surface area (Å²) in [5.74, 6) is -0.191. The molecule has 0 bridgehead atoms. The van der Waals surface area contributed by atoms with E-state index >= 15 is 0 Å². The Morgan fingerprint density at radius 1 is 1.04 bits per heavy atom. The molecular weight excluding hydrogens is 318 g/mol. The van der Waals surface area contributed by atoms with E-state index in [1.807, 2.05) is 20.8 Å². The van der Waals surface area contributed by atoms with Gasteiger partial charge < -0.3 is 15.4 Å². The van der Waals surface area contributed by atoms with Crippen molar-refractivity contribution in [2.75, 3.05) is 6.54 Å². The molecule has 6 nitrogen and oxygen atoms in total. The van der Waals surface area contributed by atoms with Crippen LogP contribution in [0, 0.1) is 16.7 Å². The Bertz CT molecular complexity index is 533. The maximum absolute atomic E-state index is 12.6. The van der Waals surface area contributed by atoms with Crippen LogP contribution in [0.3, 0.4) is 0 Å². The van der Waals surface area contributed by atoms with Crippen molar-refractivity contribution in [1.82, 2.24) is 10.6 Å². The molecule has 2 fully saturated rings. The Morgan fingerprint density at radius 3 is 2.12 bits per heavy atom. The highest BCUT2D eigenvalue weighted by Crippen LogP contribution is 2.38. The molecule has 2 aliphatic rings. The monoisotopic (exact) mass is 349 g/mol. The number of hydrogen-bond donors (Lipinski definition) is 2. The number of carbonyl (C=O) groups is 2. The van der Waals surface area contributed by atoms with Gasteiger partial charge in [-0.3, -0.25) is 4.79 Å².